The van der Waals surface area contributed by atoms with Crippen LogP contribution in [0.5, 0.6) is 0 Å². The molecule has 8 nitrogen and oxygen atoms in total. The molecule has 0 spiro atoms. The summed E-state index contributed by atoms with van der Waals surface area (Å²) in [6, 6.07) is 88.4. The SMILES string of the molecule is [C-]#[N+]c1cccc(-c2cc(-c3ccc(-c4ccc(-n5c6ccc(N(c7ccccc7)c7ccccc7)cc6c6cc(N(c7ccccc7)c7ccccc7)ccc65)cc4C#N)cc3)nc(-c3cccc([N+]#[C-])c3)n2)c1. The van der Waals surface area contributed by atoms with Gasteiger partial charge in [0.05, 0.1) is 47.2 Å². The fourth-order valence-electron chi connectivity index (χ4n) is 9.92. The summed E-state index contributed by atoms with van der Waals surface area (Å²) in [4.78, 5) is 21.8. The first kappa shape index (κ1) is 45.3. The Balaban J connectivity index is 0.976. The Morgan fingerprint density at radius 3 is 1.32 bits per heavy atom. The van der Waals surface area contributed by atoms with Crippen molar-refractivity contribution in [1.29, 1.82) is 5.26 Å². The third kappa shape index (κ3) is 8.76. The number of aromatic nitrogens is 3. The lowest BCUT2D eigenvalue weighted by Crippen LogP contribution is -2.09. The molecule has 0 saturated carbocycles. The quantitative estimate of drug-likeness (QED) is 0.121. The van der Waals surface area contributed by atoms with Crippen molar-refractivity contribution >= 4 is 67.3 Å². The Hall–Kier alpha value is -10.9. The molecule has 0 aliphatic heterocycles. The molecule has 0 aliphatic carbocycles. The minimum absolute atomic E-state index is 0.472. The molecule has 8 heteroatoms. The zero-order valence-corrected chi connectivity index (χ0v) is 40.3. The summed E-state index contributed by atoms with van der Waals surface area (Å²) in [7, 11) is 0. The lowest BCUT2D eigenvalue weighted by atomic mass is 9.97. The smallest absolute Gasteiger partial charge is 0.187 e. The lowest BCUT2D eigenvalue weighted by Gasteiger charge is -2.26. The van der Waals surface area contributed by atoms with Gasteiger partial charge < -0.3 is 14.4 Å². The van der Waals surface area contributed by atoms with Crippen LogP contribution in [0.25, 0.3) is 82.2 Å². The highest BCUT2D eigenvalue weighted by atomic mass is 15.1. The average Bonchev–Trinajstić information content (AvgIpc) is 3.81. The maximum absolute atomic E-state index is 10.9. The molecule has 75 heavy (non-hydrogen) atoms. The normalized spacial score (nSPS) is 10.9. The van der Waals surface area contributed by atoms with E-state index in [-0.39, 0.29) is 0 Å². The van der Waals surface area contributed by atoms with E-state index in [1.807, 2.05) is 97.1 Å². The predicted molar refractivity (Wildman–Crippen MR) is 305 cm³/mol. The van der Waals surface area contributed by atoms with Crippen LogP contribution in [0.4, 0.5) is 45.5 Å². The number of nitriles is 1. The van der Waals surface area contributed by atoms with Gasteiger partial charge >= 0.3 is 0 Å². The maximum atomic E-state index is 10.9. The second-order valence-corrected chi connectivity index (χ2v) is 18.0. The third-order valence-corrected chi connectivity index (χ3v) is 13.4. The van der Waals surface area contributed by atoms with Gasteiger partial charge in [0.25, 0.3) is 0 Å². The molecule has 12 rings (SSSR count). The van der Waals surface area contributed by atoms with Crippen molar-refractivity contribution < 1.29 is 0 Å². The zero-order valence-electron chi connectivity index (χ0n) is 40.3. The lowest BCUT2D eigenvalue weighted by molar-refractivity contribution is 1.17. The van der Waals surface area contributed by atoms with E-state index < -0.39 is 0 Å². The summed E-state index contributed by atoms with van der Waals surface area (Å²) in [5.41, 5.74) is 16.0. The second kappa shape index (κ2) is 19.7. The van der Waals surface area contributed by atoms with Crippen molar-refractivity contribution in [3.05, 3.63) is 283 Å². The summed E-state index contributed by atoms with van der Waals surface area (Å²) >= 11 is 0. The number of hydrogen-bond donors (Lipinski definition) is 0. The first-order valence-corrected chi connectivity index (χ1v) is 24.4. The van der Waals surface area contributed by atoms with E-state index >= 15 is 0 Å². The Morgan fingerprint density at radius 2 is 0.840 bits per heavy atom. The van der Waals surface area contributed by atoms with Crippen LogP contribution in [0.15, 0.2) is 255 Å². The number of rotatable bonds is 11. The van der Waals surface area contributed by atoms with E-state index in [0.717, 1.165) is 89.4 Å². The predicted octanol–water partition coefficient (Wildman–Crippen LogP) is 18.2. The molecule has 0 atom stereocenters. The van der Waals surface area contributed by atoms with Crippen LogP contribution in [-0.2, 0) is 0 Å². The van der Waals surface area contributed by atoms with E-state index in [9.17, 15) is 5.26 Å². The molecule has 2 heterocycles. The van der Waals surface area contributed by atoms with Crippen LogP contribution in [0.2, 0.25) is 0 Å². The minimum Gasteiger partial charge on any atom is -0.310 e. The third-order valence-electron chi connectivity index (χ3n) is 13.4. The van der Waals surface area contributed by atoms with Crippen LogP contribution in [-0.4, -0.2) is 14.5 Å². The molecule has 2 aromatic heterocycles. The van der Waals surface area contributed by atoms with E-state index in [4.69, 9.17) is 23.1 Å². The van der Waals surface area contributed by atoms with Crippen molar-refractivity contribution in [1.82, 2.24) is 14.5 Å². The summed E-state index contributed by atoms with van der Waals surface area (Å²) in [5, 5.41) is 13.0. The van der Waals surface area contributed by atoms with Gasteiger partial charge in [0.15, 0.2) is 17.2 Å². The maximum Gasteiger partial charge on any atom is 0.187 e. The van der Waals surface area contributed by atoms with Crippen LogP contribution >= 0.6 is 0 Å². The van der Waals surface area contributed by atoms with Gasteiger partial charge in [0.1, 0.15) is 0 Å². The van der Waals surface area contributed by atoms with Gasteiger partial charge in [-0.3, -0.25) is 0 Å². The largest absolute Gasteiger partial charge is 0.310 e. The highest BCUT2D eigenvalue weighted by molar-refractivity contribution is 6.12. The molecule has 0 N–H and O–H groups in total. The summed E-state index contributed by atoms with van der Waals surface area (Å²) in [5.74, 6) is 0.472. The van der Waals surface area contributed by atoms with Gasteiger partial charge in [-0.15, -0.1) is 0 Å². The number of benzene rings is 10. The van der Waals surface area contributed by atoms with Crippen molar-refractivity contribution in [3.63, 3.8) is 0 Å². The van der Waals surface area contributed by atoms with Gasteiger partial charge in [-0.25, -0.2) is 19.7 Å². The topological polar surface area (TPSA) is 69.7 Å². The second-order valence-electron chi connectivity index (χ2n) is 18.0. The van der Waals surface area contributed by atoms with Crippen molar-refractivity contribution in [2.45, 2.75) is 0 Å². The Kier molecular flexibility index (Phi) is 11.9. The van der Waals surface area contributed by atoms with E-state index in [0.29, 0.717) is 34.2 Å². The van der Waals surface area contributed by atoms with Crippen molar-refractivity contribution in [3.8, 4) is 56.8 Å². The van der Waals surface area contributed by atoms with Gasteiger partial charge in [0, 0.05) is 61.7 Å². The van der Waals surface area contributed by atoms with Gasteiger partial charge in [-0.2, -0.15) is 5.26 Å². The standard InChI is InChI=1S/C67H42N8/c1-69-51-19-15-17-48(39-51)64-44-63(71-67(72-64)49-18-16-20-52(40-49)70-2)47-31-29-46(30-32-47)60-36-33-57(41-50(60)45-68)75-65-37-34-58(73(53-21-7-3-8-22-53)54-23-9-4-10-24-54)42-61(65)62-43-59(35-38-66(62)75)74(55-25-11-5-12-26-55)56-27-13-6-14-28-56/h3-44H. The average molecular weight is 959 g/mol. The molecule has 0 aliphatic rings. The van der Waals surface area contributed by atoms with Crippen LogP contribution in [0, 0.1) is 24.5 Å². The molecule has 12 aromatic rings. The van der Waals surface area contributed by atoms with Gasteiger partial charge in [0.2, 0.25) is 0 Å². The van der Waals surface area contributed by atoms with Gasteiger partial charge in [-0.1, -0.05) is 140 Å². The molecule has 0 fully saturated rings. The fraction of sp³-hybridized carbons (Fsp3) is 0. The van der Waals surface area contributed by atoms with Crippen molar-refractivity contribution in [2.75, 3.05) is 9.80 Å². The first-order valence-electron chi connectivity index (χ1n) is 24.4. The van der Waals surface area contributed by atoms with Crippen molar-refractivity contribution in [2.24, 2.45) is 0 Å². The first-order chi connectivity index (χ1) is 37.0. The molecule has 0 unspecified atom stereocenters. The number of fused-ring (bicyclic) bond motifs is 3. The Morgan fingerprint density at radius 1 is 0.387 bits per heavy atom. The highest BCUT2D eigenvalue weighted by Crippen LogP contribution is 2.43. The van der Waals surface area contributed by atoms with E-state index in [1.165, 1.54) is 0 Å². The summed E-state index contributed by atoms with van der Waals surface area (Å²) in [6.45, 7) is 15.2. The Bertz CT molecular complexity index is 3910. The molecule has 0 bridgehead atoms. The summed E-state index contributed by atoms with van der Waals surface area (Å²) < 4.78 is 2.27. The molecule has 0 radical (unpaired) electrons. The van der Waals surface area contributed by atoms with E-state index in [2.05, 4.69) is 170 Å². The summed E-state index contributed by atoms with van der Waals surface area (Å²) in [6.07, 6.45) is 0. The van der Waals surface area contributed by atoms with Crippen LogP contribution in [0.3, 0.4) is 0 Å². The number of anilines is 6. The van der Waals surface area contributed by atoms with Crippen LogP contribution < -0.4 is 9.80 Å². The molecular formula is C67H42N8. The Labute approximate surface area is 434 Å². The molecule has 0 saturated heterocycles. The number of nitrogens with zero attached hydrogens (tertiary/aromatic N) is 8. The number of para-hydroxylation sites is 4. The monoisotopic (exact) mass is 958 g/mol. The van der Waals surface area contributed by atoms with Crippen LogP contribution in [0.1, 0.15) is 5.56 Å². The molecule has 10 aromatic carbocycles. The van der Waals surface area contributed by atoms with E-state index in [1.54, 1.807) is 18.2 Å². The number of hydrogen-bond acceptors (Lipinski definition) is 5. The minimum atomic E-state index is 0.472. The molecule has 0 amide bonds. The fourth-order valence-corrected chi connectivity index (χ4v) is 9.92. The highest BCUT2D eigenvalue weighted by Gasteiger charge is 2.21. The zero-order chi connectivity index (χ0) is 50.7. The molecule has 350 valence electrons. The molecular weight excluding hydrogens is 917 g/mol. The van der Waals surface area contributed by atoms with Gasteiger partial charge in [-0.05, 0) is 132 Å².